The first-order valence-corrected chi connectivity index (χ1v) is 16.4. The molecule has 0 unspecified atom stereocenters. The third-order valence-electron chi connectivity index (χ3n) is 8.22. The van der Waals surface area contributed by atoms with Gasteiger partial charge in [0.05, 0.1) is 10.6 Å². The molecule has 0 spiro atoms. The zero-order valence-corrected chi connectivity index (χ0v) is 23.9. The molecule has 1 aromatic heterocycles. The highest BCUT2D eigenvalue weighted by Gasteiger charge is 2.29. The lowest BCUT2D eigenvalue weighted by atomic mass is 9.84. The van der Waals surface area contributed by atoms with Gasteiger partial charge in [0.1, 0.15) is 0 Å². The molecule has 1 atom stereocenters. The van der Waals surface area contributed by atoms with Crippen LogP contribution in [0.3, 0.4) is 0 Å². The molecule has 8 heteroatoms. The summed E-state index contributed by atoms with van der Waals surface area (Å²) < 4.78 is 29.1. The first-order chi connectivity index (χ1) is 18.4. The number of fused-ring (bicyclic) bond motifs is 1. The molecule has 6 nitrogen and oxygen atoms in total. The Kier molecular flexibility index (Phi) is 8.83. The van der Waals surface area contributed by atoms with Crippen molar-refractivity contribution in [3.8, 4) is 11.1 Å². The standard InChI is InChI=1S/C30H40N4O2S2/c1-2-19-34(26-14-17-28-29(21-26)37-30(31)32-28)20-18-22-8-12-25(13-9-22)33-38(35,36)27-15-10-24(11-16-27)23-6-4-3-5-7-23/h3-7,10-11,15-16,22,25-26,33H,2,8-9,12-14,17-21H2,1H3,(H2,31,32)/t22?,25?,26-/m0/s1. The van der Waals surface area contributed by atoms with Gasteiger partial charge in [0, 0.05) is 17.0 Å². The lowest BCUT2D eigenvalue weighted by Crippen LogP contribution is -2.41. The SMILES string of the molecule is CCCN(CCC1CCC(NS(=O)(=O)c2ccc(-c3ccccc3)cc2)CC1)[C@H]1CCc2nc(N)sc2C1. The molecule has 0 saturated heterocycles. The van der Waals surface area contributed by atoms with Crippen LogP contribution in [0, 0.1) is 5.92 Å². The van der Waals surface area contributed by atoms with Gasteiger partial charge in [0.15, 0.2) is 5.13 Å². The van der Waals surface area contributed by atoms with Crippen LogP contribution < -0.4 is 10.5 Å². The molecule has 5 rings (SSSR count). The first kappa shape index (κ1) is 27.3. The second-order valence-corrected chi connectivity index (χ2v) is 13.7. The summed E-state index contributed by atoms with van der Waals surface area (Å²) in [5.41, 5.74) is 9.28. The van der Waals surface area contributed by atoms with Crippen LogP contribution in [0.4, 0.5) is 5.13 Å². The van der Waals surface area contributed by atoms with E-state index in [4.69, 9.17) is 5.73 Å². The van der Waals surface area contributed by atoms with Crippen molar-refractivity contribution in [2.75, 3.05) is 18.8 Å². The maximum absolute atomic E-state index is 13.1. The van der Waals surface area contributed by atoms with Crippen LogP contribution in [0.5, 0.6) is 0 Å². The maximum Gasteiger partial charge on any atom is 0.240 e. The van der Waals surface area contributed by atoms with Crippen LogP contribution >= 0.6 is 11.3 Å². The highest BCUT2D eigenvalue weighted by atomic mass is 32.2. The normalized spacial score (nSPS) is 21.9. The van der Waals surface area contributed by atoms with Gasteiger partial charge in [-0.3, -0.25) is 0 Å². The summed E-state index contributed by atoms with van der Waals surface area (Å²) >= 11 is 1.66. The van der Waals surface area contributed by atoms with E-state index in [-0.39, 0.29) is 6.04 Å². The Hall–Kier alpha value is -2.26. The van der Waals surface area contributed by atoms with Crippen molar-refractivity contribution in [3.05, 3.63) is 65.2 Å². The molecule has 0 bridgehead atoms. The predicted molar refractivity (Wildman–Crippen MR) is 157 cm³/mol. The van der Waals surface area contributed by atoms with E-state index >= 15 is 0 Å². The molecule has 204 valence electrons. The number of thiazole rings is 1. The molecule has 3 aromatic rings. The van der Waals surface area contributed by atoms with Crippen molar-refractivity contribution in [1.29, 1.82) is 0 Å². The smallest absolute Gasteiger partial charge is 0.240 e. The number of hydrogen-bond acceptors (Lipinski definition) is 6. The minimum absolute atomic E-state index is 0.0188. The average Bonchev–Trinajstić information content (AvgIpc) is 3.31. The highest BCUT2D eigenvalue weighted by molar-refractivity contribution is 7.89. The van der Waals surface area contributed by atoms with Crippen molar-refractivity contribution in [2.24, 2.45) is 5.92 Å². The van der Waals surface area contributed by atoms with Crippen molar-refractivity contribution in [2.45, 2.75) is 81.7 Å². The molecule has 2 aliphatic carbocycles. The number of rotatable bonds is 10. The number of nitrogens with two attached hydrogens (primary N) is 1. The molecule has 1 heterocycles. The minimum Gasteiger partial charge on any atom is -0.375 e. The molecule has 0 aliphatic heterocycles. The molecular weight excluding hydrogens is 512 g/mol. The van der Waals surface area contributed by atoms with Crippen LogP contribution in [0.1, 0.15) is 62.4 Å². The van der Waals surface area contributed by atoms with E-state index in [1.54, 1.807) is 23.5 Å². The largest absolute Gasteiger partial charge is 0.375 e. The Morgan fingerprint density at radius 2 is 1.68 bits per heavy atom. The minimum atomic E-state index is -3.52. The molecule has 38 heavy (non-hydrogen) atoms. The van der Waals surface area contributed by atoms with Gasteiger partial charge in [0.2, 0.25) is 10.0 Å². The number of benzene rings is 2. The van der Waals surface area contributed by atoms with Crippen molar-refractivity contribution in [3.63, 3.8) is 0 Å². The van der Waals surface area contributed by atoms with E-state index < -0.39 is 10.0 Å². The second kappa shape index (κ2) is 12.3. The van der Waals surface area contributed by atoms with Gasteiger partial charge < -0.3 is 10.6 Å². The number of hydrogen-bond donors (Lipinski definition) is 2. The fourth-order valence-corrected chi connectivity index (χ4v) is 8.37. The summed E-state index contributed by atoms with van der Waals surface area (Å²) in [6.07, 6.45) is 9.61. The number of nitrogens with one attached hydrogen (secondary N) is 1. The summed E-state index contributed by atoms with van der Waals surface area (Å²) in [5.74, 6) is 0.665. The zero-order chi connectivity index (χ0) is 26.5. The number of nitrogens with zero attached hydrogens (tertiary/aromatic N) is 2. The van der Waals surface area contributed by atoms with Gasteiger partial charge in [-0.25, -0.2) is 18.1 Å². The van der Waals surface area contributed by atoms with Crippen LogP contribution in [-0.2, 0) is 22.9 Å². The lowest BCUT2D eigenvalue weighted by Gasteiger charge is -2.36. The monoisotopic (exact) mass is 552 g/mol. The van der Waals surface area contributed by atoms with Crippen LogP contribution in [0.15, 0.2) is 59.5 Å². The van der Waals surface area contributed by atoms with Crippen LogP contribution in [-0.4, -0.2) is 43.5 Å². The van der Waals surface area contributed by atoms with E-state index in [0.717, 1.165) is 75.6 Å². The van der Waals surface area contributed by atoms with E-state index in [9.17, 15) is 8.42 Å². The number of sulfonamides is 1. The van der Waals surface area contributed by atoms with Gasteiger partial charge >= 0.3 is 0 Å². The Morgan fingerprint density at radius 3 is 2.39 bits per heavy atom. The van der Waals surface area contributed by atoms with Gasteiger partial charge in [0.25, 0.3) is 0 Å². The molecular formula is C30H40N4O2S2. The molecule has 1 saturated carbocycles. The fraction of sp³-hybridized carbons (Fsp3) is 0.500. The summed E-state index contributed by atoms with van der Waals surface area (Å²) in [5, 5.41) is 0.703. The molecule has 2 aliphatic rings. The quantitative estimate of drug-likeness (QED) is 0.327. The van der Waals surface area contributed by atoms with E-state index in [2.05, 4.69) is 21.5 Å². The summed E-state index contributed by atoms with van der Waals surface area (Å²) in [6.45, 7) is 4.52. The maximum atomic E-state index is 13.1. The Morgan fingerprint density at radius 1 is 0.974 bits per heavy atom. The number of anilines is 1. The first-order valence-electron chi connectivity index (χ1n) is 14.1. The van der Waals surface area contributed by atoms with Crippen LogP contribution in [0.2, 0.25) is 0 Å². The molecule has 0 radical (unpaired) electrons. The average molecular weight is 553 g/mol. The highest BCUT2D eigenvalue weighted by Crippen LogP contribution is 2.32. The van der Waals surface area contributed by atoms with Gasteiger partial charge in [-0.2, -0.15) is 0 Å². The molecule has 0 amide bonds. The zero-order valence-electron chi connectivity index (χ0n) is 22.3. The molecule has 2 aromatic carbocycles. The number of aromatic nitrogens is 1. The van der Waals surface area contributed by atoms with E-state index in [1.807, 2.05) is 42.5 Å². The topological polar surface area (TPSA) is 88.3 Å². The summed E-state index contributed by atoms with van der Waals surface area (Å²) in [6, 6.07) is 17.8. The van der Waals surface area contributed by atoms with Crippen molar-refractivity contribution < 1.29 is 8.42 Å². The van der Waals surface area contributed by atoms with Gasteiger partial charge in [-0.15, -0.1) is 11.3 Å². The number of aryl methyl sites for hydroxylation is 1. The van der Waals surface area contributed by atoms with E-state index in [0.29, 0.717) is 22.0 Å². The Bertz CT molecular complexity index is 1280. The van der Waals surface area contributed by atoms with E-state index in [1.165, 1.54) is 17.0 Å². The predicted octanol–water partition coefficient (Wildman–Crippen LogP) is 5.89. The molecule has 1 fully saturated rings. The second-order valence-electron chi connectivity index (χ2n) is 10.9. The van der Waals surface area contributed by atoms with Crippen molar-refractivity contribution in [1.82, 2.24) is 14.6 Å². The van der Waals surface area contributed by atoms with Gasteiger partial charge in [-0.1, -0.05) is 49.4 Å². The number of nitrogen functional groups attached to an aromatic ring is 1. The van der Waals surface area contributed by atoms with Gasteiger partial charge in [-0.05, 0) is 100 Å². The Labute approximate surface area is 231 Å². The van der Waals surface area contributed by atoms with Crippen molar-refractivity contribution >= 4 is 26.5 Å². The summed E-state index contributed by atoms with van der Waals surface area (Å²) in [7, 11) is -3.52. The third-order valence-corrected chi connectivity index (χ3v) is 10.7. The molecule has 3 N–H and O–H groups in total. The fourth-order valence-electron chi connectivity index (χ4n) is 6.12. The third kappa shape index (κ3) is 6.65. The lowest BCUT2D eigenvalue weighted by molar-refractivity contribution is 0.158. The Balaban J connectivity index is 1.10. The summed E-state index contributed by atoms with van der Waals surface area (Å²) in [4.78, 5) is 8.91. The van der Waals surface area contributed by atoms with Crippen LogP contribution in [0.25, 0.3) is 11.1 Å².